The Hall–Kier alpha value is -3.55. The highest BCUT2D eigenvalue weighted by Crippen LogP contribution is 2.27. The van der Waals surface area contributed by atoms with Gasteiger partial charge in [-0.2, -0.15) is 5.10 Å². The maximum Gasteiger partial charge on any atom is 0.341 e. The number of hydrogen-bond donors (Lipinski definition) is 2. The molecule has 8 heteroatoms. The van der Waals surface area contributed by atoms with Crippen LogP contribution in [0.5, 0.6) is 17.2 Å². The Morgan fingerprint density at radius 1 is 1.08 bits per heavy atom. The lowest BCUT2D eigenvalue weighted by molar-refractivity contribution is -0.139. The van der Waals surface area contributed by atoms with Crippen LogP contribution in [0.1, 0.15) is 15.9 Å². The molecule has 0 aromatic heterocycles. The minimum Gasteiger partial charge on any atom is -0.493 e. The highest BCUT2D eigenvalue weighted by atomic mass is 16.5. The van der Waals surface area contributed by atoms with Crippen LogP contribution >= 0.6 is 0 Å². The number of nitrogens with one attached hydrogen (secondary N) is 1. The first kappa shape index (κ1) is 18.8. The number of aliphatic carboxylic acids is 1. The summed E-state index contributed by atoms with van der Waals surface area (Å²) in [5, 5.41) is 12.4. The number of nitrogens with zero attached hydrogens (tertiary/aromatic N) is 1. The van der Waals surface area contributed by atoms with E-state index in [1.807, 2.05) is 0 Å². The van der Waals surface area contributed by atoms with E-state index >= 15 is 0 Å². The molecular weight excluding hydrogens is 340 g/mol. The van der Waals surface area contributed by atoms with Crippen molar-refractivity contribution < 1.29 is 28.9 Å². The first-order valence-corrected chi connectivity index (χ1v) is 7.53. The summed E-state index contributed by atoms with van der Waals surface area (Å²) in [5.74, 6) is -0.0464. The van der Waals surface area contributed by atoms with Gasteiger partial charge in [-0.3, -0.25) is 4.79 Å². The van der Waals surface area contributed by atoms with E-state index in [4.69, 9.17) is 19.3 Å². The van der Waals surface area contributed by atoms with E-state index in [0.717, 1.165) is 0 Å². The predicted molar refractivity (Wildman–Crippen MR) is 94.2 cm³/mol. The number of methoxy groups -OCH3 is 2. The Balaban J connectivity index is 1.95. The molecule has 0 radical (unpaired) electrons. The quantitative estimate of drug-likeness (QED) is 0.552. The lowest BCUT2D eigenvalue weighted by Crippen LogP contribution is -2.17. The predicted octanol–water partition coefficient (Wildman–Crippen LogP) is 1.93. The van der Waals surface area contributed by atoms with E-state index in [-0.39, 0.29) is 0 Å². The molecule has 0 atom stereocenters. The van der Waals surface area contributed by atoms with Crippen LogP contribution in [0.15, 0.2) is 47.6 Å². The van der Waals surface area contributed by atoms with Gasteiger partial charge in [-0.05, 0) is 48.0 Å². The molecule has 0 aliphatic heterocycles. The third-order valence-electron chi connectivity index (χ3n) is 3.27. The number of benzene rings is 2. The van der Waals surface area contributed by atoms with Crippen LogP contribution in [0.3, 0.4) is 0 Å². The first-order valence-electron chi connectivity index (χ1n) is 7.53. The standard InChI is InChI=1S/C18H18N2O6/c1-24-15-8-5-13(9-16(15)25-2)18(23)20-19-10-12-3-6-14(7-4-12)26-11-17(21)22/h3-10H,11H2,1-2H3,(H,20,23)(H,21,22)/b19-10+. The normalized spacial score (nSPS) is 10.4. The number of ether oxygens (including phenoxy) is 3. The van der Waals surface area contributed by atoms with Gasteiger partial charge in [0.2, 0.25) is 0 Å². The van der Waals surface area contributed by atoms with Crippen LogP contribution in [-0.4, -0.2) is 44.0 Å². The summed E-state index contributed by atoms with van der Waals surface area (Å²) in [4.78, 5) is 22.5. The highest BCUT2D eigenvalue weighted by molar-refractivity contribution is 5.95. The third-order valence-corrected chi connectivity index (χ3v) is 3.27. The van der Waals surface area contributed by atoms with Crippen molar-refractivity contribution in [2.75, 3.05) is 20.8 Å². The van der Waals surface area contributed by atoms with Crippen molar-refractivity contribution >= 4 is 18.1 Å². The van der Waals surface area contributed by atoms with Crippen molar-refractivity contribution in [3.05, 3.63) is 53.6 Å². The summed E-state index contributed by atoms with van der Waals surface area (Å²) in [6.07, 6.45) is 1.46. The van der Waals surface area contributed by atoms with Gasteiger partial charge in [0.15, 0.2) is 18.1 Å². The zero-order chi connectivity index (χ0) is 18.9. The second-order valence-corrected chi connectivity index (χ2v) is 5.02. The van der Waals surface area contributed by atoms with Gasteiger partial charge in [0.25, 0.3) is 5.91 Å². The zero-order valence-corrected chi connectivity index (χ0v) is 14.3. The second kappa shape index (κ2) is 9.07. The van der Waals surface area contributed by atoms with Gasteiger partial charge in [0.1, 0.15) is 5.75 Å². The van der Waals surface area contributed by atoms with E-state index in [1.54, 1.807) is 42.5 Å². The van der Waals surface area contributed by atoms with Crippen molar-refractivity contribution in [1.29, 1.82) is 0 Å². The fraction of sp³-hybridized carbons (Fsp3) is 0.167. The molecule has 0 fully saturated rings. The lowest BCUT2D eigenvalue weighted by atomic mass is 10.2. The van der Waals surface area contributed by atoms with Gasteiger partial charge in [-0.1, -0.05) is 0 Å². The number of carboxylic acid groups (broad SMARTS) is 1. The molecule has 0 spiro atoms. The molecule has 0 unspecified atom stereocenters. The van der Waals surface area contributed by atoms with Gasteiger partial charge in [-0.15, -0.1) is 0 Å². The molecule has 0 aliphatic carbocycles. The number of carboxylic acids is 1. The molecule has 0 saturated carbocycles. The Labute approximate surface area is 150 Å². The van der Waals surface area contributed by atoms with E-state index < -0.39 is 18.5 Å². The van der Waals surface area contributed by atoms with Gasteiger partial charge in [0.05, 0.1) is 20.4 Å². The Morgan fingerprint density at radius 3 is 2.38 bits per heavy atom. The van der Waals surface area contributed by atoms with Crippen molar-refractivity contribution in [2.24, 2.45) is 5.10 Å². The molecule has 136 valence electrons. The van der Waals surface area contributed by atoms with Crippen molar-refractivity contribution in [3.63, 3.8) is 0 Å². The molecule has 0 bridgehead atoms. The number of rotatable bonds is 8. The van der Waals surface area contributed by atoms with Crippen LogP contribution in [0.25, 0.3) is 0 Å². The van der Waals surface area contributed by atoms with Gasteiger partial charge in [0, 0.05) is 5.56 Å². The van der Waals surface area contributed by atoms with E-state index in [1.165, 1.54) is 20.4 Å². The molecule has 2 rings (SSSR count). The Bertz CT molecular complexity index is 802. The number of carbonyl (C=O) groups is 2. The number of amides is 1. The third kappa shape index (κ3) is 5.23. The highest BCUT2D eigenvalue weighted by Gasteiger charge is 2.09. The van der Waals surface area contributed by atoms with Crippen LogP contribution < -0.4 is 19.6 Å². The summed E-state index contributed by atoms with van der Waals surface area (Å²) >= 11 is 0. The Morgan fingerprint density at radius 2 is 1.77 bits per heavy atom. The van der Waals surface area contributed by atoms with Crippen LogP contribution in [0.4, 0.5) is 0 Å². The van der Waals surface area contributed by atoms with E-state index in [9.17, 15) is 9.59 Å². The topological polar surface area (TPSA) is 106 Å². The molecule has 8 nitrogen and oxygen atoms in total. The number of carbonyl (C=O) groups excluding carboxylic acids is 1. The fourth-order valence-corrected chi connectivity index (χ4v) is 2.00. The molecule has 2 N–H and O–H groups in total. The van der Waals surface area contributed by atoms with Crippen LogP contribution in [0, 0.1) is 0 Å². The minimum absolute atomic E-state index is 0.372. The van der Waals surface area contributed by atoms with Crippen LogP contribution in [0.2, 0.25) is 0 Å². The van der Waals surface area contributed by atoms with Gasteiger partial charge in [-0.25, -0.2) is 10.2 Å². The average Bonchev–Trinajstić information content (AvgIpc) is 2.66. The van der Waals surface area contributed by atoms with Gasteiger partial charge < -0.3 is 19.3 Å². The number of hydrazone groups is 1. The molecular formula is C18H18N2O6. The molecule has 0 heterocycles. The Kier molecular flexibility index (Phi) is 6.55. The minimum atomic E-state index is -1.05. The van der Waals surface area contributed by atoms with Crippen LogP contribution in [-0.2, 0) is 4.79 Å². The van der Waals surface area contributed by atoms with Crippen molar-refractivity contribution in [1.82, 2.24) is 5.43 Å². The maximum atomic E-state index is 12.1. The maximum absolute atomic E-state index is 12.1. The molecule has 26 heavy (non-hydrogen) atoms. The summed E-state index contributed by atoms with van der Waals surface area (Å²) in [6, 6.07) is 11.4. The summed E-state index contributed by atoms with van der Waals surface area (Å²) in [7, 11) is 3.00. The first-order chi connectivity index (χ1) is 12.5. The van der Waals surface area contributed by atoms with Crippen molar-refractivity contribution in [3.8, 4) is 17.2 Å². The molecule has 1 amide bonds. The smallest absolute Gasteiger partial charge is 0.341 e. The van der Waals surface area contributed by atoms with E-state index in [2.05, 4.69) is 10.5 Å². The number of hydrogen-bond acceptors (Lipinski definition) is 6. The fourth-order valence-electron chi connectivity index (χ4n) is 2.00. The van der Waals surface area contributed by atoms with Crippen molar-refractivity contribution in [2.45, 2.75) is 0 Å². The molecule has 2 aromatic rings. The zero-order valence-electron chi connectivity index (χ0n) is 14.3. The van der Waals surface area contributed by atoms with E-state index in [0.29, 0.717) is 28.4 Å². The second-order valence-electron chi connectivity index (χ2n) is 5.02. The largest absolute Gasteiger partial charge is 0.493 e. The molecule has 0 saturated heterocycles. The SMILES string of the molecule is COc1ccc(C(=O)N/N=C/c2ccc(OCC(=O)O)cc2)cc1OC. The summed E-state index contributed by atoms with van der Waals surface area (Å²) in [5.41, 5.74) is 3.50. The summed E-state index contributed by atoms with van der Waals surface area (Å²) < 4.78 is 15.3. The monoisotopic (exact) mass is 358 g/mol. The molecule has 2 aromatic carbocycles. The summed E-state index contributed by atoms with van der Waals surface area (Å²) in [6.45, 7) is -0.408. The van der Waals surface area contributed by atoms with Gasteiger partial charge >= 0.3 is 5.97 Å². The average molecular weight is 358 g/mol. The molecule has 0 aliphatic rings. The lowest BCUT2D eigenvalue weighted by Gasteiger charge is -2.08.